The SMILES string of the molecule is Cc1ncc(C2C(c3ccc(C(=O)N4CCC[C@H]4C)cc3)c3c(N)ncnc3N2C)c(C)c1F. The second-order valence-electron chi connectivity index (χ2n) is 9.38. The van der Waals surface area contributed by atoms with Crippen molar-refractivity contribution in [1.82, 2.24) is 19.9 Å². The fourth-order valence-electron chi connectivity index (χ4n) is 5.48. The van der Waals surface area contributed by atoms with E-state index in [2.05, 4.69) is 21.9 Å². The van der Waals surface area contributed by atoms with Crippen LogP contribution in [-0.4, -0.2) is 45.4 Å². The molecule has 1 aromatic carbocycles. The summed E-state index contributed by atoms with van der Waals surface area (Å²) in [6, 6.07) is 7.67. The lowest BCUT2D eigenvalue weighted by atomic mass is 9.83. The van der Waals surface area contributed by atoms with E-state index in [1.54, 1.807) is 20.0 Å². The zero-order valence-corrected chi connectivity index (χ0v) is 19.9. The monoisotopic (exact) mass is 460 g/mol. The highest BCUT2D eigenvalue weighted by molar-refractivity contribution is 5.94. The van der Waals surface area contributed by atoms with Gasteiger partial charge in [0.05, 0.1) is 11.7 Å². The summed E-state index contributed by atoms with van der Waals surface area (Å²) in [5.41, 5.74) is 10.5. The van der Waals surface area contributed by atoms with Crippen molar-refractivity contribution in [3.05, 3.63) is 76.1 Å². The van der Waals surface area contributed by atoms with Crippen molar-refractivity contribution in [3.63, 3.8) is 0 Å². The van der Waals surface area contributed by atoms with E-state index in [0.29, 0.717) is 28.5 Å². The maximum absolute atomic E-state index is 14.9. The molecule has 34 heavy (non-hydrogen) atoms. The van der Waals surface area contributed by atoms with E-state index in [4.69, 9.17) is 5.73 Å². The number of aryl methyl sites for hydroxylation is 1. The van der Waals surface area contributed by atoms with Crippen LogP contribution in [0.15, 0.2) is 36.8 Å². The van der Waals surface area contributed by atoms with Crippen molar-refractivity contribution >= 4 is 17.5 Å². The number of likely N-dealkylation sites (N-methyl/N-ethyl adjacent to an activating group) is 1. The Hall–Kier alpha value is -3.55. The number of anilines is 2. The third-order valence-corrected chi connectivity index (χ3v) is 7.40. The largest absolute Gasteiger partial charge is 0.383 e. The van der Waals surface area contributed by atoms with Crippen LogP contribution in [0.25, 0.3) is 0 Å². The standard InChI is InChI=1S/C26H29FN6O/c1-14-6-5-11-33(14)26(34)18-9-7-17(8-10-18)20-21-24(28)30-13-31-25(21)32(4)23(20)19-12-29-16(3)22(27)15(19)2/h7-10,12-14,20,23H,5-6,11H2,1-4H3,(H2,28,30,31)/t14-,20?,23?/m1/s1. The van der Waals surface area contributed by atoms with Gasteiger partial charge in [-0.25, -0.2) is 14.4 Å². The number of hydrogen-bond donors (Lipinski definition) is 1. The topological polar surface area (TPSA) is 88.2 Å². The van der Waals surface area contributed by atoms with Crippen LogP contribution < -0.4 is 10.6 Å². The summed E-state index contributed by atoms with van der Waals surface area (Å²) < 4.78 is 14.9. The first-order valence-corrected chi connectivity index (χ1v) is 11.6. The van der Waals surface area contributed by atoms with Crippen LogP contribution >= 0.6 is 0 Å². The molecule has 0 saturated carbocycles. The van der Waals surface area contributed by atoms with Crippen molar-refractivity contribution in [3.8, 4) is 0 Å². The first-order valence-electron chi connectivity index (χ1n) is 11.6. The van der Waals surface area contributed by atoms with Gasteiger partial charge in [-0.3, -0.25) is 9.78 Å². The molecule has 0 bridgehead atoms. The van der Waals surface area contributed by atoms with E-state index >= 15 is 0 Å². The Bertz CT molecular complexity index is 1260. The molecule has 0 aliphatic carbocycles. The molecule has 4 heterocycles. The minimum Gasteiger partial charge on any atom is -0.383 e. The number of carbonyl (C=O) groups excluding carboxylic acids is 1. The normalized spacial score (nSPS) is 21.7. The molecule has 2 aliphatic rings. The molecule has 1 amide bonds. The molecule has 7 nitrogen and oxygen atoms in total. The van der Waals surface area contributed by atoms with E-state index in [1.807, 2.05) is 41.1 Å². The number of nitrogens with zero attached hydrogens (tertiary/aromatic N) is 5. The van der Waals surface area contributed by atoms with Gasteiger partial charge in [0.1, 0.15) is 23.8 Å². The Morgan fingerprint density at radius 1 is 1.15 bits per heavy atom. The van der Waals surface area contributed by atoms with Gasteiger partial charge in [0.25, 0.3) is 5.91 Å². The van der Waals surface area contributed by atoms with Gasteiger partial charge < -0.3 is 15.5 Å². The third-order valence-electron chi connectivity index (χ3n) is 7.40. The van der Waals surface area contributed by atoms with Crippen LogP contribution in [0, 0.1) is 19.7 Å². The Morgan fingerprint density at radius 3 is 2.56 bits per heavy atom. The molecule has 8 heteroatoms. The van der Waals surface area contributed by atoms with Crippen LogP contribution in [0.5, 0.6) is 0 Å². The molecular formula is C26H29FN6O. The lowest BCUT2D eigenvalue weighted by molar-refractivity contribution is 0.0747. The highest BCUT2D eigenvalue weighted by atomic mass is 19.1. The van der Waals surface area contributed by atoms with E-state index in [-0.39, 0.29) is 29.7 Å². The number of nitrogen functional groups attached to an aromatic ring is 1. The van der Waals surface area contributed by atoms with Gasteiger partial charge in [-0.15, -0.1) is 0 Å². The summed E-state index contributed by atoms with van der Waals surface area (Å²) in [6.07, 6.45) is 5.27. The van der Waals surface area contributed by atoms with Crippen molar-refractivity contribution in [2.75, 3.05) is 24.2 Å². The number of rotatable bonds is 3. The molecule has 3 atom stereocenters. The predicted molar refractivity (Wildman–Crippen MR) is 129 cm³/mol. The molecule has 2 unspecified atom stereocenters. The molecular weight excluding hydrogens is 431 g/mol. The molecule has 2 aliphatic heterocycles. The molecule has 0 radical (unpaired) electrons. The second kappa shape index (κ2) is 8.34. The first kappa shape index (κ1) is 22.3. The number of halogens is 1. The van der Waals surface area contributed by atoms with Gasteiger partial charge >= 0.3 is 0 Å². The fourth-order valence-corrected chi connectivity index (χ4v) is 5.48. The van der Waals surface area contributed by atoms with Crippen LogP contribution in [0.3, 0.4) is 0 Å². The van der Waals surface area contributed by atoms with Crippen molar-refractivity contribution in [2.45, 2.75) is 51.6 Å². The molecule has 0 spiro atoms. The summed E-state index contributed by atoms with van der Waals surface area (Å²) in [5, 5.41) is 0. The number of likely N-dealkylation sites (tertiary alicyclic amines) is 1. The Morgan fingerprint density at radius 2 is 1.88 bits per heavy atom. The average Bonchev–Trinajstić information content (AvgIpc) is 3.39. The number of benzene rings is 1. The number of carbonyl (C=O) groups is 1. The first-order chi connectivity index (χ1) is 16.3. The van der Waals surface area contributed by atoms with E-state index in [1.165, 1.54) is 6.33 Å². The minimum atomic E-state index is -0.305. The average molecular weight is 461 g/mol. The number of pyridine rings is 1. The lowest BCUT2D eigenvalue weighted by Gasteiger charge is -2.29. The highest BCUT2D eigenvalue weighted by Gasteiger charge is 2.42. The Balaban J connectivity index is 1.59. The number of hydrogen-bond acceptors (Lipinski definition) is 6. The number of amides is 1. The summed E-state index contributed by atoms with van der Waals surface area (Å²) in [7, 11) is 1.93. The number of nitrogens with two attached hydrogens (primary N) is 1. The summed E-state index contributed by atoms with van der Waals surface area (Å²) in [5.74, 6) is 0.627. The Labute approximate surface area is 198 Å². The molecule has 5 rings (SSSR count). The van der Waals surface area contributed by atoms with Crippen LogP contribution in [-0.2, 0) is 0 Å². The van der Waals surface area contributed by atoms with E-state index in [0.717, 1.165) is 36.1 Å². The van der Waals surface area contributed by atoms with Crippen molar-refractivity contribution < 1.29 is 9.18 Å². The summed E-state index contributed by atoms with van der Waals surface area (Å²) >= 11 is 0. The van der Waals surface area contributed by atoms with E-state index in [9.17, 15) is 9.18 Å². The van der Waals surface area contributed by atoms with Crippen molar-refractivity contribution in [2.24, 2.45) is 0 Å². The lowest BCUT2D eigenvalue weighted by Crippen LogP contribution is -2.33. The fraction of sp³-hybridized carbons (Fsp3) is 0.385. The molecule has 176 valence electrons. The molecule has 3 aromatic rings. The molecule has 2 aromatic heterocycles. The number of fused-ring (bicyclic) bond motifs is 1. The summed E-state index contributed by atoms with van der Waals surface area (Å²) in [4.78, 5) is 30.0. The number of aromatic nitrogens is 3. The predicted octanol–water partition coefficient (Wildman–Crippen LogP) is 4.16. The van der Waals surface area contributed by atoms with E-state index < -0.39 is 0 Å². The smallest absolute Gasteiger partial charge is 0.254 e. The highest BCUT2D eigenvalue weighted by Crippen LogP contribution is 2.52. The zero-order chi connectivity index (χ0) is 24.1. The second-order valence-corrected chi connectivity index (χ2v) is 9.38. The van der Waals surface area contributed by atoms with Gasteiger partial charge in [0, 0.05) is 42.9 Å². The zero-order valence-electron chi connectivity index (χ0n) is 19.9. The van der Waals surface area contributed by atoms with Gasteiger partial charge in [0.15, 0.2) is 0 Å². The maximum Gasteiger partial charge on any atom is 0.254 e. The van der Waals surface area contributed by atoms with Crippen LogP contribution in [0.4, 0.5) is 16.0 Å². The van der Waals surface area contributed by atoms with Crippen LogP contribution in [0.2, 0.25) is 0 Å². The summed E-state index contributed by atoms with van der Waals surface area (Å²) in [6.45, 7) is 6.33. The molecule has 1 saturated heterocycles. The quantitative estimate of drug-likeness (QED) is 0.632. The van der Waals surface area contributed by atoms with Gasteiger partial charge in [0.2, 0.25) is 0 Å². The van der Waals surface area contributed by atoms with Crippen LogP contribution in [0.1, 0.15) is 70.0 Å². The third kappa shape index (κ3) is 3.40. The van der Waals surface area contributed by atoms with Crippen molar-refractivity contribution in [1.29, 1.82) is 0 Å². The minimum absolute atomic E-state index is 0.0561. The van der Waals surface area contributed by atoms with Gasteiger partial charge in [-0.05, 0) is 62.4 Å². The van der Waals surface area contributed by atoms with Gasteiger partial charge in [-0.2, -0.15) is 0 Å². The molecule has 1 fully saturated rings. The Kier molecular flexibility index (Phi) is 5.46. The maximum atomic E-state index is 14.9. The van der Waals surface area contributed by atoms with Gasteiger partial charge in [-0.1, -0.05) is 12.1 Å². The molecule has 2 N–H and O–H groups in total.